The number of hydrazone groups is 1. The molecule has 3 nitrogen and oxygen atoms in total. The van der Waals surface area contributed by atoms with E-state index in [9.17, 15) is 0 Å². The fraction of sp³-hybridized carbons (Fsp3) is 0. The Kier molecular flexibility index (Phi) is 2.05. The minimum absolute atomic E-state index is 0.633. The van der Waals surface area contributed by atoms with E-state index in [0.717, 1.165) is 0 Å². The quantitative estimate of drug-likeness (QED) is 0.234. The molecule has 0 unspecified atom stereocenters. The highest BCUT2D eigenvalue weighted by Crippen LogP contribution is 1.84. The molecule has 1 aromatic heterocycles. The zero-order chi connectivity index (χ0) is 7.40. The van der Waals surface area contributed by atoms with Gasteiger partial charge in [-0.05, 0) is 6.07 Å². The molecule has 4 heteroatoms. The molecule has 0 aliphatic carbocycles. The van der Waals surface area contributed by atoms with E-state index in [1.54, 1.807) is 18.3 Å². The molecule has 2 N–H and O–H groups in total. The van der Waals surface area contributed by atoms with Gasteiger partial charge in [0.2, 0.25) is 0 Å². The number of hydrogen-bond acceptors (Lipinski definition) is 3. The van der Waals surface area contributed by atoms with Crippen molar-refractivity contribution in [3.05, 3.63) is 24.0 Å². The number of aromatic nitrogens is 1. The third-order valence-corrected chi connectivity index (χ3v) is 1.02. The predicted molar refractivity (Wildman–Crippen MR) is 41.4 cm³/mol. The van der Waals surface area contributed by atoms with Crippen LogP contribution >= 0.6 is 0 Å². The fourth-order valence-electron chi connectivity index (χ4n) is 0.569. The summed E-state index contributed by atoms with van der Waals surface area (Å²) in [6, 6.07) is 3.48. The van der Waals surface area contributed by atoms with Gasteiger partial charge in [0, 0.05) is 6.20 Å². The number of pyridine rings is 1. The van der Waals surface area contributed by atoms with Gasteiger partial charge in [-0.2, -0.15) is 5.10 Å². The first-order valence-corrected chi connectivity index (χ1v) is 2.77. The van der Waals surface area contributed by atoms with Crippen LogP contribution in [-0.4, -0.2) is 19.0 Å². The van der Waals surface area contributed by atoms with E-state index in [2.05, 4.69) is 10.1 Å². The summed E-state index contributed by atoms with van der Waals surface area (Å²) in [7, 11) is 5.38. The molecule has 0 saturated heterocycles. The minimum atomic E-state index is 0.633. The first kappa shape index (κ1) is 6.80. The lowest BCUT2D eigenvalue weighted by molar-refractivity contribution is 1.24. The van der Waals surface area contributed by atoms with E-state index in [1.165, 1.54) is 6.21 Å². The molecule has 0 aliphatic rings. The highest BCUT2D eigenvalue weighted by atomic mass is 15.1. The van der Waals surface area contributed by atoms with Gasteiger partial charge in [-0.15, -0.1) is 0 Å². The standard InChI is InChI=1S/C6H6BN3/c7-5-1-2-6(4-10-8)9-3-5/h1-4H,8H2/b10-4+. The van der Waals surface area contributed by atoms with Gasteiger partial charge < -0.3 is 5.84 Å². The van der Waals surface area contributed by atoms with Gasteiger partial charge in [-0.1, -0.05) is 11.5 Å². The van der Waals surface area contributed by atoms with Crippen molar-refractivity contribution in [2.75, 3.05) is 0 Å². The van der Waals surface area contributed by atoms with Crippen molar-refractivity contribution in [1.82, 2.24) is 4.98 Å². The van der Waals surface area contributed by atoms with E-state index in [1.807, 2.05) is 0 Å². The van der Waals surface area contributed by atoms with Crippen molar-refractivity contribution >= 4 is 19.5 Å². The molecule has 10 heavy (non-hydrogen) atoms. The summed E-state index contributed by atoms with van der Waals surface area (Å²) >= 11 is 0. The molecule has 0 bridgehead atoms. The smallest absolute Gasteiger partial charge is 0.115 e. The van der Waals surface area contributed by atoms with Crippen LogP contribution in [-0.2, 0) is 0 Å². The van der Waals surface area contributed by atoms with Gasteiger partial charge in [0.1, 0.15) is 7.85 Å². The topological polar surface area (TPSA) is 51.3 Å². The van der Waals surface area contributed by atoms with Crippen LogP contribution in [0.3, 0.4) is 0 Å². The van der Waals surface area contributed by atoms with Crippen molar-refractivity contribution in [3.8, 4) is 0 Å². The first-order chi connectivity index (χ1) is 4.83. The van der Waals surface area contributed by atoms with E-state index in [0.29, 0.717) is 11.2 Å². The van der Waals surface area contributed by atoms with Gasteiger partial charge in [0.25, 0.3) is 0 Å². The summed E-state index contributed by atoms with van der Waals surface area (Å²) in [5.74, 6) is 4.90. The Hall–Kier alpha value is -1.32. The highest BCUT2D eigenvalue weighted by molar-refractivity contribution is 6.32. The number of rotatable bonds is 1. The number of nitrogens with zero attached hydrogens (tertiary/aromatic N) is 2. The molecule has 2 radical (unpaired) electrons. The lowest BCUT2D eigenvalue weighted by atomic mass is 9.99. The Labute approximate surface area is 60.4 Å². The molecule has 0 aliphatic heterocycles. The summed E-state index contributed by atoms with van der Waals surface area (Å²) in [6.45, 7) is 0. The maximum absolute atomic E-state index is 5.38. The monoisotopic (exact) mass is 131 g/mol. The molecular weight excluding hydrogens is 125 g/mol. The SMILES string of the molecule is [B]c1ccc(/C=N/N)nc1. The lowest BCUT2D eigenvalue weighted by Crippen LogP contribution is -2.03. The molecule has 0 aromatic carbocycles. The van der Waals surface area contributed by atoms with Crippen LogP contribution in [0.1, 0.15) is 5.69 Å². The van der Waals surface area contributed by atoms with Crippen molar-refractivity contribution in [1.29, 1.82) is 0 Å². The number of nitrogens with two attached hydrogens (primary N) is 1. The van der Waals surface area contributed by atoms with Crippen LogP contribution < -0.4 is 11.3 Å². The second-order valence-corrected chi connectivity index (χ2v) is 1.79. The van der Waals surface area contributed by atoms with E-state index in [4.69, 9.17) is 13.7 Å². The van der Waals surface area contributed by atoms with Crippen LogP contribution in [0.25, 0.3) is 0 Å². The average molecular weight is 131 g/mol. The number of hydrogen-bond donors (Lipinski definition) is 1. The molecule has 0 atom stereocenters. The van der Waals surface area contributed by atoms with E-state index >= 15 is 0 Å². The molecule has 0 spiro atoms. The zero-order valence-electron chi connectivity index (χ0n) is 5.36. The van der Waals surface area contributed by atoms with Gasteiger partial charge >= 0.3 is 0 Å². The summed E-state index contributed by atoms with van der Waals surface area (Å²) < 4.78 is 0. The van der Waals surface area contributed by atoms with E-state index < -0.39 is 0 Å². The molecule has 0 amide bonds. The summed E-state index contributed by atoms with van der Waals surface area (Å²) in [5.41, 5.74) is 1.34. The maximum atomic E-state index is 5.38. The normalized spacial score (nSPS) is 10.4. The second-order valence-electron chi connectivity index (χ2n) is 1.79. The molecule has 0 fully saturated rings. The Morgan fingerprint density at radius 3 is 2.90 bits per heavy atom. The van der Waals surface area contributed by atoms with Crippen LogP contribution in [0.5, 0.6) is 0 Å². The summed E-state index contributed by atoms with van der Waals surface area (Å²) in [5, 5.41) is 3.31. The molecule has 0 saturated carbocycles. The van der Waals surface area contributed by atoms with Crippen molar-refractivity contribution in [3.63, 3.8) is 0 Å². The van der Waals surface area contributed by atoms with Gasteiger partial charge in [-0.25, -0.2) is 0 Å². The Balaban J connectivity index is 2.89. The predicted octanol–water partition coefficient (Wildman–Crippen LogP) is -0.832. The highest BCUT2D eigenvalue weighted by Gasteiger charge is 1.85. The van der Waals surface area contributed by atoms with E-state index in [-0.39, 0.29) is 0 Å². The maximum Gasteiger partial charge on any atom is 0.115 e. The van der Waals surface area contributed by atoms with Crippen molar-refractivity contribution < 1.29 is 0 Å². The van der Waals surface area contributed by atoms with Crippen LogP contribution in [0.15, 0.2) is 23.4 Å². The second kappa shape index (κ2) is 3.01. The molecule has 1 heterocycles. The van der Waals surface area contributed by atoms with Gasteiger partial charge in [0.15, 0.2) is 0 Å². The third-order valence-electron chi connectivity index (χ3n) is 1.02. The Bertz CT molecular complexity index is 229. The average Bonchev–Trinajstić information content (AvgIpc) is 1.95. The minimum Gasteiger partial charge on any atom is -0.323 e. The Morgan fingerprint density at radius 1 is 1.60 bits per heavy atom. The van der Waals surface area contributed by atoms with Gasteiger partial charge in [-0.3, -0.25) is 4.98 Å². The largest absolute Gasteiger partial charge is 0.323 e. The third kappa shape index (κ3) is 1.58. The molecule has 1 aromatic rings. The zero-order valence-corrected chi connectivity index (χ0v) is 5.36. The van der Waals surface area contributed by atoms with Crippen molar-refractivity contribution in [2.24, 2.45) is 10.9 Å². The summed E-state index contributed by atoms with van der Waals surface area (Å²) in [6.07, 6.45) is 3.01. The Morgan fingerprint density at radius 2 is 2.40 bits per heavy atom. The fourth-order valence-corrected chi connectivity index (χ4v) is 0.569. The van der Waals surface area contributed by atoms with Crippen LogP contribution in [0, 0.1) is 0 Å². The molecule has 1 rings (SSSR count). The first-order valence-electron chi connectivity index (χ1n) is 2.77. The van der Waals surface area contributed by atoms with Crippen LogP contribution in [0.2, 0.25) is 0 Å². The van der Waals surface area contributed by atoms with Crippen molar-refractivity contribution in [2.45, 2.75) is 0 Å². The molecular formula is C6H6BN3. The van der Waals surface area contributed by atoms with Gasteiger partial charge in [0.05, 0.1) is 11.9 Å². The summed E-state index contributed by atoms with van der Waals surface area (Å²) in [4.78, 5) is 3.91. The molecule has 48 valence electrons. The lowest BCUT2D eigenvalue weighted by Gasteiger charge is -1.91. The van der Waals surface area contributed by atoms with Crippen LogP contribution in [0.4, 0.5) is 0 Å².